The summed E-state index contributed by atoms with van der Waals surface area (Å²) in [4.78, 5) is 51.1. The molecule has 1 aliphatic heterocycles. The summed E-state index contributed by atoms with van der Waals surface area (Å²) < 4.78 is 28.4. The number of hydrogen-bond acceptors (Lipinski definition) is 11. The molecule has 1 rings (SSSR count). The highest BCUT2D eigenvalue weighted by Gasteiger charge is 2.50. The van der Waals surface area contributed by atoms with Crippen LogP contribution >= 0.6 is 0 Å². The average molecular weight is 1060 g/mol. The minimum atomic E-state index is -1.91. The number of rotatable bonds is 50. The van der Waals surface area contributed by atoms with Crippen LogP contribution in [0.2, 0.25) is 0 Å². The number of carbonyl (C=O) groups is 4. The third kappa shape index (κ3) is 41.0. The van der Waals surface area contributed by atoms with Gasteiger partial charge in [-0.25, -0.2) is 4.79 Å². The number of ether oxygens (including phenoxy) is 5. The second-order valence-electron chi connectivity index (χ2n) is 20.2. The zero-order valence-electron chi connectivity index (χ0n) is 47.3. The fourth-order valence-electron chi connectivity index (χ4n) is 8.75. The van der Waals surface area contributed by atoms with Crippen LogP contribution < -0.4 is 0 Å². The lowest BCUT2D eigenvalue weighted by Gasteiger charge is -2.40. The van der Waals surface area contributed by atoms with Crippen LogP contribution in [-0.2, 0) is 42.9 Å². The summed E-state index contributed by atoms with van der Waals surface area (Å²) in [5.74, 6) is -3.17. The second-order valence-corrected chi connectivity index (χ2v) is 20.2. The highest BCUT2D eigenvalue weighted by Crippen LogP contribution is 2.26. The van der Waals surface area contributed by atoms with Gasteiger partial charge in [-0.3, -0.25) is 14.4 Å². The molecule has 3 N–H and O–H groups in total. The third-order valence-corrected chi connectivity index (χ3v) is 13.3. The molecule has 0 radical (unpaired) electrons. The van der Waals surface area contributed by atoms with Gasteiger partial charge in [-0.05, 0) is 83.5 Å². The number of aliphatic carboxylic acids is 1. The van der Waals surface area contributed by atoms with Crippen molar-refractivity contribution in [2.45, 2.75) is 289 Å². The van der Waals surface area contributed by atoms with Gasteiger partial charge in [0, 0.05) is 19.3 Å². The minimum absolute atomic E-state index is 0.0567. The fourth-order valence-corrected chi connectivity index (χ4v) is 8.75. The predicted octanol–water partition coefficient (Wildman–Crippen LogP) is 15.3. The van der Waals surface area contributed by atoms with Gasteiger partial charge in [0.1, 0.15) is 18.8 Å². The second kappa shape index (κ2) is 50.9. The first-order valence-corrected chi connectivity index (χ1v) is 29.9. The van der Waals surface area contributed by atoms with Crippen LogP contribution in [0.1, 0.15) is 252 Å². The van der Waals surface area contributed by atoms with Crippen molar-refractivity contribution in [3.8, 4) is 0 Å². The van der Waals surface area contributed by atoms with Gasteiger partial charge in [0.05, 0.1) is 6.61 Å². The van der Waals surface area contributed by atoms with Crippen molar-refractivity contribution in [1.82, 2.24) is 0 Å². The zero-order valence-corrected chi connectivity index (χ0v) is 47.3. The van der Waals surface area contributed by atoms with E-state index in [1.807, 2.05) is 0 Å². The van der Waals surface area contributed by atoms with Gasteiger partial charge in [-0.1, -0.05) is 222 Å². The van der Waals surface area contributed by atoms with Crippen LogP contribution in [0.5, 0.6) is 0 Å². The molecule has 75 heavy (non-hydrogen) atoms. The van der Waals surface area contributed by atoms with Crippen molar-refractivity contribution in [1.29, 1.82) is 0 Å². The quantitative estimate of drug-likeness (QED) is 0.0228. The topological polar surface area (TPSA) is 175 Å². The van der Waals surface area contributed by atoms with E-state index in [9.17, 15) is 34.5 Å². The SMILES string of the molecule is CC/C=C\C/C=C\C/C=C\CCCCCCCC(=O)OCC(COC1OC(C(=O)O)C(O)C(O)C1OC(=O)CCCCCCCCCCCCCCCCCCC)OC(=O)CCCCC/C=C\C/C=C\C/C=C\CC. The maximum absolute atomic E-state index is 13.1. The minimum Gasteiger partial charge on any atom is -0.479 e. The monoisotopic (exact) mass is 1050 g/mol. The predicted molar refractivity (Wildman–Crippen MR) is 303 cm³/mol. The zero-order chi connectivity index (χ0) is 54.7. The maximum atomic E-state index is 13.1. The van der Waals surface area contributed by atoms with Crippen LogP contribution in [0.25, 0.3) is 0 Å². The number of carboxylic acid groups (broad SMARTS) is 1. The molecule has 1 heterocycles. The Morgan fingerprint density at radius 3 is 1.29 bits per heavy atom. The number of unbranched alkanes of at least 4 members (excludes halogenated alkanes) is 24. The van der Waals surface area contributed by atoms with Crippen molar-refractivity contribution < 1.29 is 58.2 Å². The molecule has 0 aromatic rings. The summed E-state index contributed by atoms with van der Waals surface area (Å²) in [7, 11) is 0. The van der Waals surface area contributed by atoms with Crippen LogP contribution in [0.3, 0.4) is 0 Å². The van der Waals surface area contributed by atoms with E-state index in [1.54, 1.807) is 0 Å². The van der Waals surface area contributed by atoms with Gasteiger partial charge >= 0.3 is 23.9 Å². The van der Waals surface area contributed by atoms with E-state index in [4.69, 9.17) is 23.7 Å². The first-order chi connectivity index (χ1) is 36.6. The van der Waals surface area contributed by atoms with Gasteiger partial charge in [0.15, 0.2) is 24.6 Å². The largest absolute Gasteiger partial charge is 0.479 e. The van der Waals surface area contributed by atoms with Crippen molar-refractivity contribution in [3.63, 3.8) is 0 Å². The molecular formula is C63H106O12. The summed E-state index contributed by atoms with van der Waals surface area (Å²) in [5, 5.41) is 31.5. The lowest BCUT2D eigenvalue weighted by molar-refractivity contribution is -0.301. The summed E-state index contributed by atoms with van der Waals surface area (Å²) in [5.41, 5.74) is 0. The molecule has 0 aromatic carbocycles. The number of carboxylic acids is 1. The van der Waals surface area contributed by atoms with Crippen LogP contribution in [0.4, 0.5) is 0 Å². The fraction of sp³-hybridized carbons (Fsp3) is 0.746. The van der Waals surface area contributed by atoms with Crippen LogP contribution in [-0.4, -0.2) is 89.2 Å². The lowest BCUT2D eigenvalue weighted by atomic mass is 9.98. The maximum Gasteiger partial charge on any atom is 0.335 e. The van der Waals surface area contributed by atoms with E-state index in [0.717, 1.165) is 116 Å². The summed E-state index contributed by atoms with van der Waals surface area (Å²) in [6.07, 6.45) is 51.6. The molecule has 12 heteroatoms. The molecular weight excluding hydrogens is 949 g/mol. The Balaban J connectivity index is 2.69. The third-order valence-electron chi connectivity index (χ3n) is 13.3. The van der Waals surface area contributed by atoms with E-state index < -0.39 is 67.3 Å². The highest BCUT2D eigenvalue weighted by molar-refractivity contribution is 5.74. The van der Waals surface area contributed by atoms with E-state index in [2.05, 4.69) is 93.7 Å². The number of carbonyl (C=O) groups excluding carboxylic acids is 3. The molecule has 0 bridgehead atoms. The molecule has 12 nitrogen and oxygen atoms in total. The average Bonchev–Trinajstić information content (AvgIpc) is 3.39. The molecule has 0 spiro atoms. The van der Waals surface area contributed by atoms with Crippen molar-refractivity contribution >= 4 is 23.9 Å². The Morgan fingerprint density at radius 2 is 0.840 bits per heavy atom. The van der Waals surface area contributed by atoms with Gasteiger partial charge < -0.3 is 39.0 Å². The van der Waals surface area contributed by atoms with E-state index in [-0.39, 0.29) is 25.9 Å². The first-order valence-electron chi connectivity index (χ1n) is 29.9. The van der Waals surface area contributed by atoms with Gasteiger partial charge in [-0.15, -0.1) is 0 Å². The lowest BCUT2D eigenvalue weighted by Crippen LogP contribution is -2.61. The molecule has 1 saturated heterocycles. The highest BCUT2D eigenvalue weighted by atomic mass is 16.7. The van der Waals surface area contributed by atoms with Crippen molar-refractivity contribution in [2.75, 3.05) is 13.2 Å². The van der Waals surface area contributed by atoms with Crippen LogP contribution in [0.15, 0.2) is 72.9 Å². The molecule has 6 atom stereocenters. The van der Waals surface area contributed by atoms with Crippen molar-refractivity contribution in [2.24, 2.45) is 0 Å². The molecule has 6 unspecified atom stereocenters. The smallest absolute Gasteiger partial charge is 0.335 e. The van der Waals surface area contributed by atoms with E-state index in [1.165, 1.54) is 77.0 Å². The number of aliphatic hydroxyl groups excluding tert-OH is 2. The Hall–Kier alpha value is -3.84. The molecule has 0 saturated carbocycles. The van der Waals surface area contributed by atoms with Gasteiger partial charge in [-0.2, -0.15) is 0 Å². The Kier molecular flexibility index (Phi) is 47.0. The van der Waals surface area contributed by atoms with Gasteiger partial charge in [0.25, 0.3) is 0 Å². The molecule has 0 amide bonds. The normalized spacial score (nSPS) is 18.7. The summed E-state index contributed by atoms with van der Waals surface area (Å²) in [6.45, 7) is 5.74. The first kappa shape index (κ1) is 69.2. The number of aliphatic hydroxyl groups is 2. The van der Waals surface area contributed by atoms with Gasteiger partial charge in [0.2, 0.25) is 0 Å². The standard InChI is InChI=1S/C63H106O12/c1-4-7-10-13-16-19-22-25-27-28-30-33-36-39-42-45-48-51-57(66)74-61-59(68)58(67)60(62(69)70)75-63(61)72-53-54(73-56(65)50-47-44-41-38-35-31-24-21-18-15-12-9-6-3)52-71-55(64)49-46-43-40-37-34-32-29-26-23-20-17-14-11-8-5-2/h8-9,11-12,17-18,20-21,26,29,31,35,54,58-61,63,67-68H,4-7,10,13-16,19,22-25,27-28,30,32-34,36-53H2,1-3H3,(H,69,70)/b11-8-,12-9-,20-17-,21-18-,29-26-,35-31-. The Labute approximate surface area is 455 Å². The molecule has 0 aromatic heterocycles. The summed E-state index contributed by atoms with van der Waals surface area (Å²) >= 11 is 0. The molecule has 1 aliphatic rings. The Morgan fingerprint density at radius 1 is 0.453 bits per heavy atom. The number of hydrogen-bond donors (Lipinski definition) is 3. The number of allylic oxidation sites excluding steroid dienone is 12. The van der Waals surface area contributed by atoms with E-state index in [0.29, 0.717) is 19.3 Å². The Bertz CT molecular complexity index is 1580. The molecule has 1 fully saturated rings. The summed E-state index contributed by atoms with van der Waals surface area (Å²) in [6, 6.07) is 0. The van der Waals surface area contributed by atoms with Crippen molar-refractivity contribution in [3.05, 3.63) is 72.9 Å². The molecule has 430 valence electrons. The van der Waals surface area contributed by atoms with E-state index >= 15 is 0 Å². The van der Waals surface area contributed by atoms with Crippen LogP contribution in [0, 0.1) is 0 Å². The molecule has 0 aliphatic carbocycles. The number of esters is 3.